The van der Waals surface area contributed by atoms with Gasteiger partial charge in [0.1, 0.15) is 5.41 Å². The molecular weight excluding hydrogens is 312 g/mol. The molecule has 1 aliphatic carbocycles. The molecule has 1 fully saturated rings. The van der Waals surface area contributed by atoms with Gasteiger partial charge in [0.25, 0.3) is 0 Å². The van der Waals surface area contributed by atoms with Crippen molar-refractivity contribution in [1.82, 2.24) is 5.32 Å². The predicted octanol–water partition coefficient (Wildman–Crippen LogP) is 3.59. The quantitative estimate of drug-likeness (QED) is 0.792. The number of benzene rings is 2. The summed E-state index contributed by atoms with van der Waals surface area (Å²) in [5.74, 6) is -0.379. The Morgan fingerprint density at radius 2 is 1.80 bits per heavy atom. The molecule has 0 spiro atoms. The summed E-state index contributed by atoms with van der Waals surface area (Å²) < 4.78 is 0. The summed E-state index contributed by atoms with van der Waals surface area (Å²) in [4.78, 5) is 25.3. The molecule has 0 radical (unpaired) electrons. The summed E-state index contributed by atoms with van der Waals surface area (Å²) in [6, 6.07) is 15.7. The lowest BCUT2D eigenvalue weighted by atomic mass is 10.0. The van der Waals surface area contributed by atoms with Gasteiger partial charge in [-0.25, -0.2) is 0 Å². The number of para-hydroxylation sites is 1. The Kier molecular flexibility index (Phi) is 4.88. The Balaban J connectivity index is 1.64. The summed E-state index contributed by atoms with van der Waals surface area (Å²) in [6.45, 7) is 4.51. The zero-order valence-electron chi connectivity index (χ0n) is 14.8. The first kappa shape index (κ1) is 17.2. The van der Waals surface area contributed by atoms with E-state index in [9.17, 15) is 9.59 Å². The van der Waals surface area contributed by atoms with Crippen LogP contribution in [-0.4, -0.2) is 11.8 Å². The summed E-state index contributed by atoms with van der Waals surface area (Å²) >= 11 is 0. The highest BCUT2D eigenvalue weighted by Crippen LogP contribution is 2.47. The number of hydrogen-bond acceptors (Lipinski definition) is 2. The second-order valence-electron chi connectivity index (χ2n) is 6.72. The molecule has 2 aromatic rings. The van der Waals surface area contributed by atoms with Gasteiger partial charge in [0.05, 0.1) is 0 Å². The average molecular weight is 336 g/mol. The van der Waals surface area contributed by atoms with Gasteiger partial charge >= 0.3 is 0 Å². The fraction of sp³-hybridized carbons (Fsp3) is 0.333. The fourth-order valence-electron chi connectivity index (χ4n) is 3.05. The Morgan fingerprint density at radius 3 is 2.48 bits per heavy atom. The van der Waals surface area contributed by atoms with E-state index in [-0.39, 0.29) is 11.8 Å². The van der Waals surface area contributed by atoms with Crippen LogP contribution in [0.15, 0.2) is 48.5 Å². The van der Waals surface area contributed by atoms with Crippen molar-refractivity contribution in [3.05, 3.63) is 65.2 Å². The van der Waals surface area contributed by atoms with E-state index >= 15 is 0 Å². The van der Waals surface area contributed by atoms with Crippen LogP contribution in [-0.2, 0) is 22.6 Å². The highest BCUT2D eigenvalue weighted by atomic mass is 16.2. The van der Waals surface area contributed by atoms with Gasteiger partial charge in [0.2, 0.25) is 11.8 Å². The van der Waals surface area contributed by atoms with Crippen molar-refractivity contribution < 1.29 is 9.59 Å². The molecule has 0 saturated heterocycles. The molecule has 130 valence electrons. The molecule has 1 aliphatic rings. The molecule has 2 amide bonds. The minimum atomic E-state index is -0.912. The Labute approximate surface area is 148 Å². The maximum atomic E-state index is 12.7. The Bertz CT molecular complexity index is 794. The second-order valence-corrected chi connectivity index (χ2v) is 6.72. The normalized spacial score (nSPS) is 14.6. The van der Waals surface area contributed by atoms with Crippen LogP contribution in [0, 0.1) is 12.3 Å². The maximum absolute atomic E-state index is 12.7. The Hall–Kier alpha value is -2.62. The lowest BCUT2D eigenvalue weighted by Gasteiger charge is -2.17. The van der Waals surface area contributed by atoms with E-state index < -0.39 is 5.41 Å². The third-order valence-electron chi connectivity index (χ3n) is 4.80. The first-order chi connectivity index (χ1) is 12.0. The minimum Gasteiger partial charge on any atom is -0.351 e. The van der Waals surface area contributed by atoms with Crippen LogP contribution in [0.2, 0.25) is 0 Å². The molecule has 0 unspecified atom stereocenters. The summed E-state index contributed by atoms with van der Waals surface area (Å²) in [6.07, 6.45) is 2.04. The van der Waals surface area contributed by atoms with Crippen molar-refractivity contribution in [2.75, 3.05) is 5.32 Å². The van der Waals surface area contributed by atoms with Crippen molar-refractivity contribution in [3.8, 4) is 0 Å². The molecule has 2 aromatic carbocycles. The van der Waals surface area contributed by atoms with Crippen LogP contribution in [0.25, 0.3) is 0 Å². The van der Waals surface area contributed by atoms with Gasteiger partial charge in [0.15, 0.2) is 0 Å². The molecule has 1 saturated carbocycles. The molecule has 2 N–H and O–H groups in total. The number of rotatable bonds is 6. The highest BCUT2D eigenvalue weighted by molar-refractivity contribution is 6.13. The van der Waals surface area contributed by atoms with Gasteiger partial charge < -0.3 is 10.6 Å². The van der Waals surface area contributed by atoms with E-state index in [1.807, 2.05) is 62.4 Å². The van der Waals surface area contributed by atoms with Crippen molar-refractivity contribution >= 4 is 17.5 Å². The molecule has 0 heterocycles. The van der Waals surface area contributed by atoms with Crippen LogP contribution in [0.5, 0.6) is 0 Å². The van der Waals surface area contributed by atoms with E-state index in [1.54, 1.807) is 0 Å². The first-order valence-electron chi connectivity index (χ1n) is 8.78. The van der Waals surface area contributed by atoms with Crippen LogP contribution in [0.1, 0.15) is 36.5 Å². The molecule has 0 aliphatic heterocycles. The zero-order valence-corrected chi connectivity index (χ0v) is 14.8. The van der Waals surface area contributed by atoms with Crippen molar-refractivity contribution in [2.24, 2.45) is 5.41 Å². The molecular formula is C21H24N2O2. The molecule has 3 rings (SSSR count). The largest absolute Gasteiger partial charge is 0.351 e. The van der Waals surface area contributed by atoms with Gasteiger partial charge in [-0.3, -0.25) is 9.59 Å². The zero-order chi connectivity index (χ0) is 17.9. The molecule has 4 nitrogen and oxygen atoms in total. The summed E-state index contributed by atoms with van der Waals surface area (Å²) in [5, 5.41) is 5.88. The number of carbonyl (C=O) groups excluding carboxylic acids is 2. The molecule has 0 aromatic heterocycles. The van der Waals surface area contributed by atoms with Gasteiger partial charge in [0, 0.05) is 12.2 Å². The maximum Gasteiger partial charge on any atom is 0.240 e. The van der Waals surface area contributed by atoms with E-state index in [2.05, 4.69) is 10.6 Å². The van der Waals surface area contributed by atoms with Crippen molar-refractivity contribution in [3.63, 3.8) is 0 Å². The smallest absolute Gasteiger partial charge is 0.240 e. The molecule has 0 atom stereocenters. The van der Waals surface area contributed by atoms with Crippen LogP contribution in [0.4, 0.5) is 5.69 Å². The summed E-state index contributed by atoms with van der Waals surface area (Å²) in [7, 11) is 0. The number of aryl methyl sites for hydroxylation is 2. The third-order valence-corrected chi connectivity index (χ3v) is 4.80. The SMILES string of the molecule is CCc1ccccc1NC(=O)C1(C(=O)NCc2cccc(C)c2)CC1. The minimum absolute atomic E-state index is 0.180. The Morgan fingerprint density at radius 1 is 1.04 bits per heavy atom. The predicted molar refractivity (Wildman–Crippen MR) is 99.1 cm³/mol. The monoisotopic (exact) mass is 336 g/mol. The number of amides is 2. The number of nitrogens with one attached hydrogen (secondary N) is 2. The van der Waals surface area contributed by atoms with Crippen LogP contribution < -0.4 is 10.6 Å². The van der Waals surface area contributed by atoms with Crippen LogP contribution >= 0.6 is 0 Å². The van der Waals surface area contributed by atoms with E-state index in [1.165, 1.54) is 0 Å². The molecule has 25 heavy (non-hydrogen) atoms. The molecule has 0 bridgehead atoms. The van der Waals surface area contributed by atoms with E-state index in [4.69, 9.17) is 0 Å². The lowest BCUT2D eigenvalue weighted by molar-refractivity contribution is -0.134. The third kappa shape index (κ3) is 3.73. The number of anilines is 1. The number of carbonyl (C=O) groups is 2. The standard InChI is InChI=1S/C21H24N2O2/c1-3-17-9-4-5-10-18(17)23-20(25)21(11-12-21)19(24)22-14-16-8-6-7-15(2)13-16/h4-10,13H,3,11-12,14H2,1-2H3,(H,22,24)(H,23,25). The fourth-order valence-corrected chi connectivity index (χ4v) is 3.05. The summed E-state index contributed by atoms with van der Waals surface area (Å²) in [5.41, 5.74) is 3.16. The first-order valence-corrected chi connectivity index (χ1v) is 8.78. The van der Waals surface area contributed by atoms with E-state index in [0.29, 0.717) is 19.4 Å². The lowest BCUT2D eigenvalue weighted by Crippen LogP contribution is -2.39. The van der Waals surface area contributed by atoms with Crippen LogP contribution in [0.3, 0.4) is 0 Å². The van der Waals surface area contributed by atoms with Gasteiger partial charge in [-0.05, 0) is 43.4 Å². The van der Waals surface area contributed by atoms with E-state index in [0.717, 1.165) is 28.8 Å². The van der Waals surface area contributed by atoms with Crippen molar-refractivity contribution in [1.29, 1.82) is 0 Å². The second kappa shape index (κ2) is 7.09. The van der Waals surface area contributed by atoms with Gasteiger partial charge in [-0.15, -0.1) is 0 Å². The topological polar surface area (TPSA) is 58.2 Å². The highest BCUT2D eigenvalue weighted by Gasteiger charge is 2.56. The number of hydrogen-bond donors (Lipinski definition) is 2. The van der Waals surface area contributed by atoms with Gasteiger partial charge in [-0.1, -0.05) is 55.0 Å². The van der Waals surface area contributed by atoms with Gasteiger partial charge in [-0.2, -0.15) is 0 Å². The molecule has 4 heteroatoms. The average Bonchev–Trinajstić information content (AvgIpc) is 3.42. The van der Waals surface area contributed by atoms with Crippen molar-refractivity contribution in [2.45, 2.75) is 39.7 Å².